The molecule has 0 aromatic heterocycles. The normalized spacial score (nSPS) is 0. The van der Waals surface area contributed by atoms with Crippen molar-refractivity contribution in [2.45, 2.75) is 0 Å². The van der Waals surface area contributed by atoms with Gasteiger partial charge in [0.2, 0.25) is 0 Å². The molecule has 0 amide bonds. The monoisotopic (exact) mass is 115 g/mol. The van der Waals surface area contributed by atoms with E-state index in [0.717, 1.165) is 0 Å². The molecule has 0 fully saturated rings. The van der Waals surface area contributed by atoms with Crippen LogP contribution < -0.4 is 6.15 Å². The average Bonchev–Trinajstić information content (AvgIpc) is 0. The zero-order valence-corrected chi connectivity index (χ0v) is 5.28. The number of hydrogen-bond donors (Lipinski definition) is 1. The molecule has 0 aromatic rings. The Kier molecular flexibility index (Phi) is 4730. The maximum Gasteiger partial charge on any atom is 2.00 e. The second-order valence-electron chi connectivity index (χ2n) is 0. The molecule has 0 spiro atoms. The van der Waals surface area contributed by atoms with Crippen molar-refractivity contribution in [3.05, 3.63) is 0 Å². The van der Waals surface area contributed by atoms with Crippen LogP contribution in [-0.4, -0.2) is 11.0 Å². The van der Waals surface area contributed by atoms with E-state index in [1.807, 2.05) is 0 Å². The molecule has 0 saturated carbocycles. The second kappa shape index (κ2) is 86.6. The molecule has 0 aliphatic rings. The molecule has 0 rings (SSSR count). The zero-order chi connectivity index (χ0) is 0. The SMILES string of the molecule is N.[OH-].[OH-].[Zn+2]. The van der Waals surface area contributed by atoms with Crippen LogP contribution in [-0.2, 0) is 19.5 Å². The molecule has 0 aliphatic heterocycles. The summed E-state index contributed by atoms with van der Waals surface area (Å²) in [6.45, 7) is 0. The van der Waals surface area contributed by atoms with E-state index in [0.29, 0.717) is 0 Å². The van der Waals surface area contributed by atoms with Gasteiger partial charge in [-0.2, -0.15) is 0 Å². The molecule has 0 aliphatic carbocycles. The van der Waals surface area contributed by atoms with Gasteiger partial charge in [0.05, 0.1) is 0 Å². The van der Waals surface area contributed by atoms with E-state index < -0.39 is 0 Å². The summed E-state index contributed by atoms with van der Waals surface area (Å²) in [5.41, 5.74) is 0. The fourth-order valence-electron chi connectivity index (χ4n) is 0. The van der Waals surface area contributed by atoms with Crippen LogP contribution in [0.25, 0.3) is 0 Å². The third-order valence-electron chi connectivity index (χ3n) is 0. The molecule has 4 heavy (non-hydrogen) atoms. The summed E-state index contributed by atoms with van der Waals surface area (Å²) in [6.07, 6.45) is 0. The molecule has 4 heteroatoms. The van der Waals surface area contributed by atoms with Gasteiger partial charge >= 0.3 is 19.5 Å². The van der Waals surface area contributed by atoms with Gasteiger partial charge in [-0.25, -0.2) is 0 Å². The summed E-state index contributed by atoms with van der Waals surface area (Å²) in [7, 11) is 0. The molecule has 5 N–H and O–H groups in total. The van der Waals surface area contributed by atoms with E-state index in [-0.39, 0.29) is 36.6 Å². The van der Waals surface area contributed by atoms with E-state index in [1.54, 1.807) is 0 Å². The third kappa shape index (κ3) is 22.3. The van der Waals surface area contributed by atoms with Gasteiger partial charge in [0.15, 0.2) is 0 Å². The molecule has 0 bridgehead atoms. The standard InChI is InChI=1S/H3N.2H2O.Zn/h1H3;2*1H2;/q;;;+2/p-2. The summed E-state index contributed by atoms with van der Waals surface area (Å²) in [5.74, 6) is 0. The number of rotatable bonds is 0. The minimum absolute atomic E-state index is 0. The Labute approximate surface area is 37.3 Å². The van der Waals surface area contributed by atoms with E-state index in [2.05, 4.69) is 0 Å². The summed E-state index contributed by atoms with van der Waals surface area (Å²) in [5, 5.41) is 0. The number of hydrogen-bond acceptors (Lipinski definition) is 3. The van der Waals surface area contributed by atoms with Crippen LogP contribution in [0.1, 0.15) is 0 Å². The Morgan fingerprint density at radius 2 is 0.750 bits per heavy atom. The largest absolute Gasteiger partial charge is 2.00 e. The molecule has 0 saturated heterocycles. The minimum atomic E-state index is 0. The molecule has 0 heterocycles. The summed E-state index contributed by atoms with van der Waals surface area (Å²) < 4.78 is 0. The zero-order valence-electron chi connectivity index (χ0n) is 2.31. The van der Waals surface area contributed by atoms with Crippen LogP contribution in [0.15, 0.2) is 0 Å². The van der Waals surface area contributed by atoms with E-state index in [4.69, 9.17) is 0 Å². The van der Waals surface area contributed by atoms with Gasteiger partial charge < -0.3 is 17.1 Å². The first-order chi connectivity index (χ1) is 0. The molecule has 0 aromatic carbocycles. The first-order valence-corrected chi connectivity index (χ1v) is 0. The quantitative estimate of drug-likeness (QED) is 0.444. The molecule has 0 unspecified atom stereocenters. The van der Waals surface area contributed by atoms with E-state index >= 15 is 0 Å². The molecule has 0 radical (unpaired) electrons. The summed E-state index contributed by atoms with van der Waals surface area (Å²) in [4.78, 5) is 0. The van der Waals surface area contributed by atoms with Gasteiger partial charge in [-0.15, -0.1) is 0 Å². The van der Waals surface area contributed by atoms with Gasteiger partial charge in [0.1, 0.15) is 0 Å². The van der Waals surface area contributed by atoms with Crippen LogP contribution in [0.3, 0.4) is 0 Å². The van der Waals surface area contributed by atoms with Crippen LogP contribution in [0, 0.1) is 0 Å². The maximum absolute atomic E-state index is 0. The van der Waals surface area contributed by atoms with Crippen molar-refractivity contribution in [3.8, 4) is 0 Å². The summed E-state index contributed by atoms with van der Waals surface area (Å²) in [6, 6.07) is 0. The molecule has 0 atom stereocenters. The summed E-state index contributed by atoms with van der Waals surface area (Å²) >= 11 is 0. The van der Waals surface area contributed by atoms with Crippen molar-refractivity contribution >= 4 is 0 Å². The average molecular weight is 116 g/mol. The third-order valence-corrected chi connectivity index (χ3v) is 0. The Balaban J connectivity index is 0. The molecule has 3 nitrogen and oxygen atoms in total. The smallest absolute Gasteiger partial charge is 0.870 e. The first kappa shape index (κ1) is 218. The minimum Gasteiger partial charge on any atom is -0.870 e. The molecular weight excluding hydrogens is 111 g/mol. The molecule has 24 valence electrons. The van der Waals surface area contributed by atoms with Gasteiger partial charge in [-0.3, -0.25) is 0 Å². The van der Waals surface area contributed by atoms with E-state index in [9.17, 15) is 0 Å². The fraction of sp³-hybridized carbons (Fsp3) is 0. The van der Waals surface area contributed by atoms with Crippen LogP contribution in [0.5, 0.6) is 0 Å². The predicted molar refractivity (Wildman–Crippen MR) is 8.89 cm³/mol. The Morgan fingerprint density at radius 3 is 0.750 bits per heavy atom. The van der Waals surface area contributed by atoms with Crippen molar-refractivity contribution < 1.29 is 30.4 Å². The van der Waals surface area contributed by atoms with Gasteiger partial charge in [-0.1, -0.05) is 0 Å². The molecular formula is H5NO2Zn. The Bertz CT molecular complexity index is 6.00. The topological polar surface area (TPSA) is 95.0 Å². The second-order valence-corrected chi connectivity index (χ2v) is 0. The Hall–Kier alpha value is 0.503. The van der Waals surface area contributed by atoms with E-state index in [1.165, 1.54) is 0 Å². The van der Waals surface area contributed by atoms with Crippen molar-refractivity contribution in [2.75, 3.05) is 0 Å². The first-order valence-electron chi connectivity index (χ1n) is 0. The predicted octanol–water partition coefficient (Wildman–Crippen LogP) is -0.194. The van der Waals surface area contributed by atoms with Gasteiger partial charge in [-0.05, 0) is 0 Å². The van der Waals surface area contributed by atoms with Crippen LogP contribution >= 0.6 is 0 Å². The van der Waals surface area contributed by atoms with Crippen molar-refractivity contribution in [2.24, 2.45) is 0 Å². The van der Waals surface area contributed by atoms with Gasteiger partial charge in [0, 0.05) is 0 Å². The van der Waals surface area contributed by atoms with Crippen molar-refractivity contribution in [1.82, 2.24) is 6.15 Å². The van der Waals surface area contributed by atoms with Crippen molar-refractivity contribution in [3.63, 3.8) is 0 Å². The van der Waals surface area contributed by atoms with Crippen LogP contribution in [0.2, 0.25) is 0 Å². The van der Waals surface area contributed by atoms with Gasteiger partial charge in [0.25, 0.3) is 0 Å². The Morgan fingerprint density at radius 1 is 0.750 bits per heavy atom. The fourth-order valence-corrected chi connectivity index (χ4v) is 0. The maximum atomic E-state index is 0. The van der Waals surface area contributed by atoms with Crippen molar-refractivity contribution in [1.29, 1.82) is 0 Å². The van der Waals surface area contributed by atoms with Crippen LogP contribution in [0.4, 0.5) is 0 Å².